The van der Waals surface area contributed by atoms with Crippen molar-refractivity contribution < 1.29 is 47.5 Å². The van der Waals surface area contributed by atoms with Crippen LogP contribution in [0.4, 0.5) is 14.4 Å². The predicted octanol–water partition coefficient (Wildman–Crippen LogP) is 3.95. The van der Waals surface area contributed by atoms with Crippen LogP contribution in [0.3, 0.4) is 0 Å². The first-order chi connectivity index (χ1) is 21.6. The zero-order valence-corrected chi connectivity index (χ0v) is 28.5. The Kier molecular flexibility index (Phi) is 16.0. The lowest BCUT2D eigenvalue weighted by molar-refractivity contribution is -0.0773. The molecule has 0 saturated heterocycles. The highest BCUT2D eigenvalue weighted by molar-refractivity contribution is 5.69. The van der Waals surface area contributed by atoms with E-state index in [1.807, 2.05) is 51.1 Å². The molecule has 0 bridgehead atoms. The Morgan fingerprint density at radius 1 is 0.717 bits per heavy atom. The molecule has 2 aliphatic carbocycles. The number of hydrogen-bond donors (Lipinski definition) is 4. The molecule has 2 aliphatic rings. The van der Waals surface area contributed by atoms with Crippen LogP contribution in [0.1, 0.15) is 72.8 Å². The molecule has 6 atom stereocenters. The van der Waals surface area contributed by atoms with Gasteiger partial charge in [-0.15, -0.1) is 0 Å². The Morgan fingerprint density at radius 2 is 1.22 bits per heavy atom. The van der Waals surface area contributed by atoms with E-state index >= 15 is 0 Å². The fraction of sp³-hybridized carbons (Fsp3) is 0.719. The number of rotatable bonds is 11. The lowest BCUT2D eigenvalue weighted by atomic mass is 10.2. The van der Waals surface area contributed by atoms with E-state index < -0.39 is 29.5 Å². The number of carbonyl (C=O) groups is 3. The summed E-state index contributed by atoms with van der Waals surface area (Å²) in [4.78, 5) is 35.9. The van der Waals surface area contributed by atoms with Gasteiger partial charge in [-0.25, -0.2) is 14.4 Å². The van der Waals surface area contributed by atoms with Gasteiger partial charge in [-0.05, 0) is 72.8 Å². The molecule has 14 nitrogen and oxygen atoms in total. The van der Waals surface area contributed by atoms with E-state index in [1.54, 1.807) is 27.9 Å². The van der Waals surface area contributed by atoms with Gasteiger partial charge in [0, 0.05) is 26.3 Å². The van der Waals surface area contributed by atoms with Crippen molar-refractivity contribution in [3.05, 3.63) is 35.9 Å². The largest absolute Gasteiger partial charge is 0.445 e. The maximum absolute atomic E-state index is 12.1. The van der Waals surface area contributed by atoms with Gasteiger partial charge in [0.15, 0.2) is 0 Å². The summed E-state index contributed by atoms with van der Waals surface area (Å²) in [6.07, 6.45) is 0.565. The molecule has 5 N–H and O–H groups in total. The summed E-state index contributed by atoms with van der Waals surface area (Å²) in [5.41, 5.74) is 5.69. The summed E-state index contributed by atoms with van der Waals surface area (Å²) in [5, 5.41) is 8.46. The zero-order chi connectivity index (χ0) is 34.3. The Bertz CT molecular complexity index is 1060. The number of nitrogens with two attached hydrogens (primary N) is 1. The van der Waals surface area contributed by atoms with Crippen LogP contribution in [0.2, 0.25) is 0 Å². The van der Waals surface area contributed by atoms with Crippen LogP contribution < -0.4 is 21.7 Å². The van der Waals surface area contributed by atoms with Crippen LogP contribution in [0.5, 0.6) is 0 Å². The van der Waals surface area contributed by atoms with Gasteiger partial charge in [0.2, 0.25) is 0 Å². The molecule has 3 rings (SSSR count). The lowest BCUT2D eigenvalue weighted by Crippen LogP contribution is -2.44. The highest BCUT2D eigenvalue weighted by Gasteiger charge is 2.38. The Balaban J connectivity index is 0.000000353. The van der Waals surface area contributed by atoms with Crippen molar-refractivity contribution in [2.75, 3.05) is 27.8 Å². The van der Waals surface area contributed by atoms with E-state index in [2.05, 4.69) is 16.0 Å². The molecule has 3 amide bonds. The number of nitrogens with one attached hydrogen (secondary N) is 3. The van der Waals surface area contributed by atoms with E-state index in [0.29, 0.717) is 25.7 Å². The van der Waals surface area contributed by atoms with E-state index in [-0.39, 0.29) is 56.6 Å². The van der Waals surface area contributed by atoms with Crippen LogP contribution in [0.25, 0.3) is 0 Å². The van der Waals surface area contributed by atoms with E-state index in [9.17, 15) is 14.4 Å². The number of carbonyl (C=O) groups excluding carboxylic acids is 3. The number of amides is 3. The van der Waals surface area contributed by atoms with E-state index in [0.717, 1.165) is 5.56 Å². The van der Waals surface area contributed by atoms with Gasteiger partial charge in [0.05, 0.1) is 24.3 Å². The second kappa shape index (κ2) is 18.8. The summed E-state index contributed by atoms with van der Waals surface area (Å²) in [7, 11) is 3.09. The SMILES string of the molecule is COCO[C@H]1C[C@@H](N)C[C@H]1NC(=O)OC(C)(C)C.COCO[C@H]1C[C@@H](NC(=O)OCc2ccccc2)C[C@H]1NC(=O)OC(C)(C)C. The van der Waals surface area contributed by atoms with Crippen molar-refractivity contribution in [1.29, 1.82) is 0 Å². The summed E-state index contributed by atoms with van der Waals surface area (Å²) < 4.78 is 36.8. The van der Waals surface area contributed by atoms with Crippen molar-refractivity contribution in [1.82, 2.24) is 16.0 Å². The standard InChI is InChI=1S/C20H30N2O6.C12H24N2O4/c1-20(2,3)28-19(24)22-16-10-15(11-17(16)27-13-25-4)21-18(23)26-12-14-8-6-5-7-9-14;1-12(2,3)18-11(15)14-9-5-8(13)6-10(9)17-7-16-4/h5-9,15-17H,10-13H2,1-4H3,(H,21,23)(H,22,24);8-10H,5-7,13H2,1-4H3,(H,14,15)/t15-,16+,17-;8-,9+,10-/m00/s1. The molecular formula is C32H54N4O10. The summed E-state index contributed by atoms with van der Waals surface area (Å²) in [6, 6.07) is 8.87. The predicted molar refractivity (Wildman–Crippen MR) is 170 cm³/mol. The maximum Gasteiger partial charge on any atom is 0.407 e. The molecule has 46 heavy (non-hydrogen) atoms. The van der Waals surface area contributed by atoms with Crippen molar-refractivity contribution in [3.8, 4) is 0 Å². The van der Waals surface area contributed by atoms with Gasteiger partial charge in [-0.2, -0.15) is 0 Å². The number of ether oxygens (including phenoxy) is 7. The van der Waals surface area contributed by atoms with Crippen molar-refractivity contribution >= 4 is 18.3 Å². The van der Waals surface area contributed by atoms with Gasteiger partial charge in [0.25, 0.3) is 0 Å². The molecule has 2 fully saturated rings. The van der Waals surface area contributed by atoms with Crippen LogP contribution in [-0.2, 0) is 39.8 Å². The normalized spacial score (nSPS) is 24.3. The molecule has 1 aromatic carbocycles. The Hall–Kier alpha value is -3.17. The van der Waals surface area contributed by atoms with Crippen LogP contribution in [-0.4, -0.2) is 93.7 Å². The van der Waals surface area contributed by atoms with E-state index in [4.69, 9.17) is 38.9 Å². The van der Waals surface area contributed by atoms with Gasteiger partial charge in [-0.3, -0.25) is 0 Å². The molecule has 262 valence electrons. The smallest absolute Gasteiger partial charge is 0.407 e. The minimum absolute atomic E-state index is 0.0341. The number of methoxy groups -OCH3 is 2. The fourth-order valence-electron chi connectivity index (χ4n) is 4.99. The van der Waals surface area contributed by atoms with Crippen LogP contribution in [0, 0.1) is 0 Å². The van der Waals surface area contributed by atoms with Gasteiger partial charge in [0.1, 0.15) is 31.4 Å². The Morgan fingerprint density at radius 3 is 1.72 bits per heavy atom. The minimum Gasteiger partial charge on any atom is -0.445 e. The highest BCUT2D eigenvalue weighted by Crippen LogP contribution is 2.24. The monoisotopic (exact) mass is 654 g/mol. The van der Waals surface area contributed by atoms with Crippen molar-refractivity contribution in [2.45, 2.75) is 121 Å². The molecule has 0 spiro atoms. The highest BCUT2D eigenvalue weighted by atomic mass is 16.7. The van der Waals surface area contributed by atoms with E-state index in [1.165, 1.54) is 7.11 Å². The first-order valence-electron chi connectivity index (χ1n) is 15.5. The number of alkyl carbamates (subject to hydrolysis) is 3. The molecule has 0 aromatic heterocycles. The summed E-state index contributed by atoms with van der Waals surface area (Å²) >= 11 is 0. The van der Waals surface area contributed by atoms with Crippen molar-refractivity contribution in [3.63, 3.8) is 0 Å². The Labute approximate surface area is 272 Å². The third kappa shape index (κ3) is 15.9. The molecule has 14 heteroatoms. The fourth-order valence-corrected chi connectivity index (χ4v) is 4.99. The average molecular weight is 655 g/mol. The topological polar surface area (TPSA) is 178 Å². The first-order valence-corrected chi connectivity index (χ1v) is 15.5. The number of benzene rings is 1. The van der Waals surface area contributed by atoms with Crippen LogP contribution in [0.15, 0.2) is 30.3 Å². The summed E-state index contributed by atoms with van der Waals surface area (Å²) in [6.45, 7) is 11.4. The van der Waals surface area contributed by atoms with Gasteiger partial charge in [-0.1, -0.05) is 30.3 Å². The van der Waals surface area contributed by atoms with Gasteiger partial charge >= 0.3 is 18.3 Å². The lowest BCUT2D eigenvalue weighted by Gasteiger charge is -2.24. The maximum atomic E-state index is 12.1. The molecule has 0 aliphatic heterocycles. The molecule has 2 saturated carbocycles. The van der Waals surface area contributed by atoms with Crippen LogP contribution >= 0.6 is 0 Å². The second-order valence-corrected chi connectivity index (χ2v) is 13.3. The average Bonchev–Trinajstić information content (AvgIpc) is 3.48. The first kappa shape index (κ1) is 39.0. The number of hydrogen-bond acceptors (Lipinski definition) is 11. The van der Waals surface area contributed by atoms with Gasteiger partial charge < -0.3 is 54.8 Å². The molecule has 1 aromatic rings. The molecule has 0 radical (unpaired) electrons. The third-order valence-corrected chi connectivity index (χ3v) is 6.78. The zero-order valence-electron chi connectivity index (χ0n) is 28.5. The third-order valence-electron chi connectivity index (χ3n) is 6.78. The van der Waals surface area contributed by atoms with Crippen molar-refractivity contribution in [2.24, 2.45) is 5.73 Å². The quantitative estimate of drug-likeness (QED) is 0.201. The molecule has 0 heterocycles. The summed E-state index contributed by atoms with van der Waals surface area (Å²) in [5.74, 6) is 0. The second-order valence-electron chi connectivity index (χ2n) is 13.3. The molecular weight excluding hydrogens is 600 g/mol. The minimum atomic E-state index is -0.593. The molecule has 0 unspecified atom stereocenters.